The Balaban J connectivity index is 1.16. The van der Waals surface area contributed by atoms with Gasteiger partial charge >= 0.3 is 0 Å². The molecule has 12 nitrogen and oxygen atoms in total. The van der Waals surface area contributed by atoms with Gasteiger partial charge in [0.05, 0.1) is 28.7 Å². The minimum atomic E-state index is -1.82. The van der Waals surface area contributed by atoms with Crippen molar-refractivity contribution in [2.24, 2.45) is 27.5 Å². The van der Waals surface area contributed by atoms with Crippen LogP contribution >= 0.6 is 11.3 Å². The zero-order chi connectivity index (χ0) is 43.0. The van der Waals surface area contributed by atoms with Gasteiger partial charge in [-0.25, -0.2) is 14.2 Å². The normalized spacial score (nSPS) is 21.6. The number of carbonyl (C=O) groups excluding carboxylic acids is 2. The van der Waals surface area contributed by atoms with E-state index in [1.807, 2.05) is 67.4 Å². The number of nitrogens with one attached hydrogen (secondary N) is 1. The number of benzene rings is 2. The van der Waals surface area contributed by atoms with Gasteiger partial charge in [0.1, 0.15) is 11.5 Å². The fourth-order valence-electron chi connectivity index (χ4n) is 8.85. The summed E-state index contributed by atoms with van der Waals surface area (Å²) in [7, 11) is 1.93. The lowest BCUT2D eigenvalue weighted by atomic mass is 9.69. The number of pyridine rings is 1. The molecule has 0 fully saturated rings. The van der Waals surface area contributed by atoms with Gasteiger partial charge in [-0.15, -0.1) is 0 Å². The molecule has 14 heteroatoms. The molecule has 6 rings (SSSR count). The molecule has 1 amide bonds. The number of nitrogens with two attached hydrogens (primary N) is 1. The van der Waals surface area contributed by atoms with Crippen molar-refractivity contribution in [2.45, 2.75) is 73.0 Å². The molecule has 1 aliphatic carbocycles. The maximum absolute atomic E-state index is 13.6. The van der Waals surface area contributed by atoms with E-state index in [-0.39, 0.29) is 34.3 Å². The van der Waals surface area contributed by atoms with Crippen molar-refractivity contribution >= 4 is 67.1 Å². The average molecular weight is 854 g/mol. The Morgan fingerprint density at radius 1 is 1.15 bits per heavy atom. The molecule has 4 N–H and O–H groups in total. The van der Waals surface area contributed by atoms with Gasteiger partial charge in [-0.3, -0.25) is 19.9 Å². The number of ether oxygens (including phenoxy) is 1. The number of likely N-dealkylation sites (N-methyl/N-ethyl adjacent to an activating group) is 1. The Hall–Kier alpha value is -4.60. The molecule has 2 aliphatic rings. The number of fused-ring (bicyclic) bond motifs is 2. The molecule has 0 saturated heterocycles. The van der Waals surface area contributed by atoms with Gasteiger partial charge in [0, 0.05) is 61.3 Å². The molecule has 3 heterocycles. The summed E-state index contributed by atoms with van der Waals surface area (Å²) in [6, 6.07) is 17.4. The maximum Gasteiger partial charge on any atom is 0.257 e. The molecular formula is C46H59N7O5S2. The Kier molecular flexibility index (Phi) is 14.9. The van der Waals surface area contributed by atoms with Crippen molar-refractivity contribution in [2.75, 3.05) is 55.8 Å². The summed E-state index contributed by atoms with van der Waals surface area (Å²) in [4.78, 5) is 45.0. The van der Waals surface area contributed by atoms with E-state index < -0.39 is 11.1 Å². The number of rotatable bonds is 17. The zero-order valence-corrected chi connectivity index (χ0v) is 37.3. The number of thiazole rings is 1. The molecule has 4 unspecified atom stereocenters. The van der Waals surface area contributed by atoms with Crippen LogP contribution < -0.4 is 16.0 Å². The zero-order valence-electron chi connectivity index (χ0n) is 35.6. The van der Waals surface area contributed by atoms with Crippen LogP contribution in [0.4, 0.5) is 10.9 Å². The standard InChI is InChI=1S/C46H59N7O5S2/c1-31(2)24-45(4)18-16-34(58-22-20-52(6)21-23-60(56)57)25-46(5,29-45)30-48-32(3)37(26-47)35-14-15-42(49-40(35)28-54)53-19-17-33-10-9-11-36(38(33)27-53)43(55)51-44-50-39-12-7-8-13-41(39)59-44/h7-16,18,26,28,31,34H,17,19-25,27,29-30,47H2,1-6H3,(H,56,57)(H,50,51,55). The van der Waals surface area contributed by atoms with Crippen molar-refractivity contribution in [3.05, 3.63) is 101 Å². The summed E-state index contributed by atoms with van der Waals surface area (Å²) >= 11 is -0.375. The topological polar surface area (TPSA) is 163 Å². The summed E-state index contributed by atoms with van der Waals surface area (Å²) in [6.45, 7) is 14.4. The Morgan fingerprint density at radius 2 is 1.95 bits per heavy atom. The van der Waals surface area contributed by atoms with Crippen LogP contribution in [0.3, 0.4) is 0 Å². The van der Waals surface area contributed by atoms with Crippen LogP contribution in [0.25, 0.3) is 15.8 Å². The first-order valence-electron chi connectivity index (χ1n) is 20.7. The minimum absolute atomic E-state index is 0.0423. The largest absolute Gasteiger partial charge is 0.404 e. The Labute approximate surface area is 360 Å². The number of hydrogen-bond acceptors (Lipinski definition) is 11. The number of aliphatic imine (C=N–C) groups is 1. The van der Waals surface area contributed by atoms with Crippen LogP contribution in [-0.2, 0) is 28.8 Å². The number of aromatic nitrogens is 2. The lowest BCUT2D eigenvalue weighted by Crippen LogP contribution is -2.33. The summed E-state index contributed by atoms with van der Waals surface area (Å²) in [5.41, 5.74) is 11.7. The first-order chi connectivity index (χ1) is 28.7. The van der Waals surface area contributed by atoms with Crippen molar-refractivity contribution in [1.82, 2.24) is 14.9 Å². The quantitative estimate of drug-likeness (QED) is 0.0410. The van der Waals surface area contributed by atoms with Crippen LogP contribution in [-0.4, -0.2) is 93.2 Å². The molecule has 1 aliphatic heterocycles. The van der Waals surface area contributed by atoms with Gasteiger partial charge in [0.2, 0.25) is 0 Å². The first kappa shape index (κ1) is 44.9. The van der Waals surface area contributed by atoms with Gasteiger partial charge < -0.3 is 24.8 Å². The van der Waals surface area contributed by atoms with Gasteiger partial charge in [0.15, 0.2) is 22.5 Å². The minimum Gasteiger partial charge on any atom is -0.404 e. The van der Waals surface area contributed by atoms with E-state index in [4.69, 9.17) is 20.4 Å². The van der Waals surface area contributed by atoms with E-state index in [2.05, 4.69) is 61.1 Å². The third-order valence-corrected chi connectivity index (χ3v) is 13.0. The monoisotopic (exact) mass is 853 g/mol. The van der Waals surface area contributed by atoms with E-state index in [0.717, 1.165) is 59.0 Å². The lowest BCUT2D eigenvalue weighted by molar-refractivity contribution is 0.0367. The molecule has 0 spiro atoms. The highest BCUT2D eigenvalue weighted by atomic mass is 32.2. The molecule has 320 valence electrons. The number of aldehydes is 1. The van der Waals surface area contributed by atoms with Crippen LogP contribution in [0.15, 0.2) is 77.9 Å². The van der Waals surface area contributed by atoms with E-state index in [1.165, 1.54) is 17.5 Å². The summed E-state index contributed by atoms with van der Waals surface area (Å²) < 4.78 is 27.7. The van der Waals surface area contributed by atoms with Crippen LogP contribution in [0.5, 0.6) is 0 Å². The third-order valence-electron chi connectivity index (χ3n) is 11.5. The van der Waals surface area contributed by atoms with E-state index in [0.29, 0.717) is 72.9 Å². The first-order valence-corrected chi connectivity index (χ1v) is 22.8. The number of hydrogen-bond donors (Lipinski definition) is 3. The highest BCUT2D eigenvalue weighted by Gasteiger charge is 2.39. The Morgan fingerprint density at radius 3 is 2.68 bits per heavy atom. The van der Waals surface area contributed by atoms with E-state index in [1.54, 1.807) is 0 Å². The second-order valence-electron chi connectivity index (χ2n) is 17.3. The second-order valence-corrected chi connectivity index (χ2v) is 19.4. The van der Waals surface area contributed by atoms with E-state index in [9.17, 15) is 18.4 Å². The van der Waals surface area contributed by atoms with Crippen LogP contribution in [0.1, 0.15) is 91.4 Å². The summed E-state index contributed by atoms with van der Waals surface area (Å²) in [5, 5.41) is 3.56. The molecule has 2 aromatic carbocycles. The number of anilines is 2. The average Bonchev–Trinajstić information content (AvgIpc) is 3.57. The van der Waals surface area contributed by atoms with Crippen molar-refractivity contribution in [3.8, 4) is 0 Å². The van der Waals surface area contributed by atoms with E-state index >= 15 is 0 Å². The van der Waals surface area contributed by atoms with Crippen LogP contribution in [0.2, 0.25) is 0 Å². The number of allylic oxidation sites excluding steroid dienone is 2. The fraction of sp³-hybridized carbons (Fsp3) is 0.457. The highest BCUT2D eigenvalue weighted by Crippen LogP contribution is 2.46. The Bertz CT molecular complexity index is 2260. The van der Waals surface area contributed by atoms with Gasteiger partial charge in [0.25, 0.3) is 5.91 Å². The van der Waals surface area contributed by atoms with Gasteiger partial charge in [-0.05, 0) is 97.9 Å². The predicted octanol–water partition coefficient (Wildman–Crippen LogP) is 8.03. The molecule has 0 bridgehead atoms. The third kappa shape index (κ3) is 11.4. The number of amides is 1. The second kappa shape index (κ2) is 19.9. The number of carbonyl (C=O) groups is 2. The highest BCUT2D eigenvalue weighted by molar-refractivity contribution is 7.79. The molecule has 60 heavy (non-hydrogen) atoms. The van der Waals surface area contributed by atoms with Crippen molar-refractivity contribution < 1.29 is 23.1 Å². The summed E-state index contributed by atoms with van der Waals surface area (Å²) in [6.07, 6.45) is 10.2. The predicted molar refractivity (Wildman–Crippen MR) is 245 cm³/mol. The molecule has 0 radical (unpaired) electrons. The fourth-order valence-corrected chi connectivity index (χ4v) is 10.2. The number of para-hydroxylation sites is 1. The van der Waals surface area contributed by atoms with Crippen molar-refractivity contribution in [3.63, 3.8) is 0 Å². The summed E-state index contributed by atoms with van der Waals surface area (Å²) in [5.74, 6) is 1.15. The molecule has 0 saturated carbocycles. The van der Waals surface area contributed by atoms with Crippen molar-refractivity contribution in [1.29, 1.82) is 0 Å². The lowest BCUT2D eigenvalue weighted by Gasteiger charge is -2.37. The SMILES string of the molecule is CC(=NCC1(C)CC(OCCN(C)CCS(=O)O)C=CC(C)(CC(C)C)C1)C(=CN)c1ccc(N2CCc3cccc(C(=O)Nc4nc5ccccc5s4)c3C2)nc1C=O. The maximum atomic E-state index is 13.6. The molecule has 2 aromatic heterocycles. The number of nitrogens with zero attached hydrogens (tertiary/aromatic N) is 5. The molecular weight excluding hydrogens is 795 g/mol. The smallest absolute Gasteiger partial charge is 0.257 e. The van der Waals surface area contributed by atoms with Crippen LogP contribution in [0, 0.1) is 16.7 Å². The van der Waals surface area contributed by atoms with Gasteiger partial charge in [-0.2, -0.15) is 0 Å². The molecule has 4 aromatic rings. The van der Waals surface area contributed by atoms with Gasteiger partial charge in [-0.1, -0.05) is 75.4 Å². The molecule has 4 atom stereocenters.